The first kappa shape index (κ1) is 31.5. The van der Waals surface area contributed by atoms with E-state index in [-0.39, 0.29) is 30.4 Å². The standard InChI is InChI=1S/C32H32Cl2N4O6/c1-42-30(40)26(15-20-5-3-2-4-6-20)37-32(41)36-24-13-11-23(12-14-24)31-43-25(17-38-19-35-28(33)29(38)34)16-27(44-31)22-9-7-21(18-39)8-10-22/h2-14,19,25-27,31,39H,15-18H2,1H3,(H2,36,37,41)/t25-,26-,27+,31+/m0/s1. The molecule has 1 fully saturated rings. The number of benzene rings is 3. The Morgan fingerprint density at radius 1 is 1.00 bits per heavy atom. The number of urea groups is 1. The summed E-state index contributed by atoms with van der Waals surface area (Å²) in [5.74, 6) is -0.541. The van der Waals surface area contributed by atoms with E-state index in [9.17, 15) is 14.7 Å². The molecule has 0 unspecified atom stereocenters. The fourth-order valence-corrected chi connectivity index (χ4v) is 5.27. The molecular weight excluding hydrogens is 607 g/mol. The third kappa shape index (κ3) is 7.96. The smallest absolute Gasteiger partial charge is 0.328 e. The summed E-state index contributed by atoms with van der Waals surface area (Å²) < 4.78 is 19.3. The van der Waals surface area contributed by atoms with E-state index in [1.54, 1.807) is 35.2 Å². The van der Waals surface area contributed by atoms with Crippen molar-refractivity contribution in [2.24, 2.45) is 0 Å². The summed E-state index contributed by atoms with van der Waals surface area (Å²) in [5, 5.41) is 15.5. The molecule has 4 aromatic rings. The highest BCUT2D eigenvalue weighted by molar-refractivity contribution is 6.40. The number of aliphatic hydroxyl groups excluding tert-OH is 1. The second-order valence-electron chi connectivity index (χ2n) is 10.3. The number of halogens is 2. The Hall–Kier alpha value is -3.93. The molecule has 0 spiro atoms. The molecule has 0 saturated carbocycles. The third-order valence-electron chi connectivity index (χ3n) is 7.26. The first-order valence-electron chi connectivity index (χ1n) is 14.0. The number of aliphatic hydroxyl groups is 1. The number of imidazole rings is 1. The molecule has 10 nitrogen and oxygen atoms in total. The lowest BCUT2D eigenvalue weighted by Gasteiger charge is -2.36. The van der Waals surface area contributed by atoms with Gasteiger partial charge >= 0.3 is 12.0 Å². The average Bonchev–Trinajstić information content (AvgIpc) is 3.37. The number of rotatable bonds is 10. The van der Waals surface area contributed by atoms with Crippen LogP contribution in [0.25, 0.3) is 0 Å². The fourth-order valence-electron chi connectivity index (χ4n) is 4.96. The van der Waals surface area contributed by atoms with Gasteiger partial charge in [-0.1, -0.05) is 89.9 Å². The number of carbonyl (C=O) groups is 2. The van der Waals surface area contributed by atoms with Crippen molar-refractivity contribution in [3.63, 3.8) is 0 Å². The maximum atomic E-state index is 12.8. The summed E-state index contributed by atoms with van der Waals surface area (Å²) in [5.41, 5.74) is 3.89. The largest absolute Gasteiger partial charge is 0.467 e. The Labute approximate surface area is 264 Å². The van der Waals surface area contributed by atoms with E-state index >= 15 is 0 Å². The Bertz CT molecular complexity index is 1550. The maximum Gasteiger partial charge on any atom is 0.328 e. The Morgan fingerprint density at radius 3 is 2.34 bits per heavy atom. The molecule has 0 bridgehead atoms. The molecular formula is C32H32Cl2N4O6. The maximum absolute atomic E-state index is 12.8. The zero-order chi connectivity index (χ0) is 31.1. The lowest BCUT2D eigenvalue weighted by molar-refractivity contribution is -0.252. The van der Waals surface area contributed by atoms with Crippen LogP contribution in [0, 0.1) is 0 Å². The summed E-state index contributed by atoms with van der Waals surface area (Å²) in [6, 6.07) is 22.6. The van der Waals surface area contributed by atoms with Gasteiger partial charge in [0.2, 0.25) is 0 Å². The average molecular weight is 640 g/mol. The third-order valence-corrected chi connectivity index (χ3v) is 8.03. The summed E-state index contributed by atoms with van der Waals surface area (Å²) in [4.78, 5) is 29.2. The molecule has 1 aromatic heterocycles. The van der Waals surface area contributed by atoms with Gasteiger partial charge < -0.3 is 34.5 Å². The Morgan fingerprint density at radius 2 is 1.70 bits per heavy atom. The van der Waals surface area contributed by atoms with Crippen molar-refractivity contribution < 1.29 is 28.9 Å². The molecule has 0 aliphatic carbocycles. The van der Waals surface area contributed by atoms with E-state index in [2.05, 4.69) is 15.6 Å². The van der Waals surface area contributed by atoms with E-state index < -0.39 is 24.3 Å². The number of nitrogens with one attached hydrogen (secondary N) is 2. The lowest BCUT2D eigenvalue weighted by Crippen LogP contribution is -2.45. The first-order chi connectivity index (χ1) is 21.3. The van der Waals surface area contributed by atoms with Gasteiger partial charge in [0, 0.05) is 24.1 Å². The molecule has 2 heterocycles. The van der Waals surface area contributed by atoms with Crippen LogP contribution in [-0.2, 0) is 38.6 Å². The van der Waals surface area contributed by atoms with Gasteiger partial charge in [-0.3, -0.25) is 0 Å². The zero-order valence-electron chi connectivity index (χ0n) is 23.9. The van der Waals surface area contributed by atoms with Crippen molar-refractivity contribution in [1.82, 2.24) is 14.9 Å². The van der Waals surface area contributed by atoms with Crippen LogP contribution in [0.5, 0.6) is 0 Å². The van der Waals surface area contributed by atoms with Gasteiger partial charge in [-0.2, -0.15) is 0 Å². The minimum Gasteiger partial charge on any atom is -0.467 e. The number of hydrogen-bond acceptors (Lipinski definition) is 7. The van der Waals surface area contributed by atoms with E-state index in [1.165, 1.54) is 7.11 Å². The van der Waals surface area contributed by atoms with Crippen molar-refractivity contribution in [3.05, 3.63) is 118 Å². The van der Waals surface area contributed by atoms with Crippen LogP contribution < -0.4 is 10.6 Å². The van der Waals surface area contributed by atoms with Crippen LogP contribution in [0.15, 0.2) is 85.2 Å². The number of hydrogen-bond donors (Lipinski definition) is 3. The molecule has 1 saturated heterocycles. The van der Waals surface area contributed by atoms with Crippen molar-refractivity contribution >= 4 is 40.9 Å². The number of aromatic nitrogens is 2. The number of anilines is 1. The van der Waals surface area contributed by atoms with Crippen LogP contribution in [0.1, 0.15) is 41.1 Å². The summed E-state index contributed by atoms with van der Waals surface area (Å²) in [6.45, 7) is 0.364. The monoisotopic (exact) mass is 638 g/mol. The van der Waals surface area contributed by atoms with Gasteiger partial charge in [0.05, 0.1) is 38.8 Å². The molecule has 230 valence electrons. The van der Waals surface area contributed by atoms with Gasteiger partial charge in [-0.25, -0.2) is 14.6 Å². The molecule has 12 heteroatoms. The normalized spacial score (nSPS) is 18.8. The van der Waals surface area contributed by atoms with Gasteiger partial charge in [-0.15, -0.1) is 0 Å². The van der Waals surface area contributed by atoms with Crippen molar-refractivity contribution in [1.29, 1.82) is 0 Å². The summed E-state index contributed by atoms with van der Waals surface area (Å²) in [6.07, 6.45) is 1.10. The van der Waals surface area contributed by atoms with Crippen LogP contribution in [0.2, 0.25) is 10.3 Å². The van der Waals surface area contributed by atoms with Crippen molar-refractivity contribution in [3.8, 4) is 0 Å². The van der Waals surface area contributed by atoms with E-state index in [4.69, 9.17) is 37.4 Å². The summed E-state index contributed by atoms with van der Waals surface area (Å²) >= 11 is 12.4. The highest BCUT2D eigenvalue weighted by Crippen LogP contribution is 2.39. The van der Waals surface area contributed by atoms with E-state index in [1.807, 2.05) is 54.6 Å². The van der Waals surface area contributed by atoms with E-state index in [0.29, 0.717) is 23.8 Å². The Kier molecular flexibility index (Phi) is 10.5. The highest BCUT2D eigenvalue weighted by atomic mass is 35.5. The Balaban J connectivity index is 1.28. The topological polar surface area (TPSA) is 124 Å². The fraction of sp³-hybridized carbons (Fsp3) is 0.281. The number of carbonyl (C=O) groups excluding carboxylic acids is 2. The van der Waals surface area contributed by atoms with Crippen LogP contribution in [0.4, 0.5) is 10.5 Å². The minimum absolute atomic E-state index is 0.0468. The molecule has 3 N–H and O–H groups in total. The van der Waals surface area contributed by atoms with Gasteiger partial charge in [0.25, 0.3) is 0 Å². The molecule has 5 rings (SSSR count). The predicted octanol–water partition coefficient (Wildman–Crippen LogP) is 5.83. The molecule has 1 aliphatic rings. The second-order valence-corrected chi connectivity index (χ2v) is 11.0. The molecule has 1 aliphatic heterocycles. The number of nitrogens with zero attached hydrogens (tertiary/aromatic N) is 2. The molecule has 44 heavy (non-hydrogen) atoms. The zero-order valence-corrected chi connectivity index (χ0v) is 25.4. The van der Waals surface area contributed by atoms with Crippen LogP contribution in [-0.4, -0.2) is 45.9 Å². The van der Waals surface area contributed by atoms with Crippen molar-refractivity contribution in [2.45, 2.75) is 50.5 Å². The molecule has 3 aromatic carbocycles. The van der Waals surface area contributed by atoms with Gasteiger partial charge in [0.15, 0.2) is 11.4 Å². The van der Waals surface area contributed by atoms with Crippen LogP contribution >= 0.6 is 23.2 Å². The number of esters is 1. The summed E-state index contributed by atoms with van der Waals surface area (Å²) in [7, 11) is 1.28. The SMILES string of the molecule is COC(=O)[C@H](Cc1ccccc1)NC(=O)Nc1ccc([C@@H]2O[C@H](Cn3cnc(Cl)c3Cl)C[C@H](c3ccc(CO)cc3)O2)cc1. The van der Waals surface area contributed by atoms with Gasteiger partial charge in [-0.05, 0) is 28.8 Å². The molecule has 0 radical (unpaired) electrons. The number of amides is 2. The molecule has 2 amide bonds. The second kappa shape index (κ2) is 14.7. The molecule has 4 atom stereocenters. The predicted molar refractivity (Wildman–Crippen MR) is 165 cm³/mol. The number of ether oxygens (including phenoxy) is 3. The lowest BCUT2D eigenvalue weighted by atomic mass is 10.00. The van der Waals surface area contributed by atoms with E-state index in [0.717, 1.165) is 22.3 Å². The van der Waals surface area contributed by atoms with Crippen molar-refractivity contribution in [2.75, 3.05) is 12.4 Å². The van der Waals surface area contributed by atoms with Crippen LogP contribution in [0.3, 0.4) is 0 Å². The minimum atomic E-state index is -0.857. The number of methoxy groups -OCH3 is 1. The highest BCUT2D eigenvalue weighted by Gasteiger charge is 2.33. The quantitative estimate of drug-likeness (QED) is 0.187. The first-order valence-corrected chi connectivity index (χ1v) is 14.7. The van der Waals surface area contributed by atoms with Gasteiger partial charge in [0.1, 0.15) is 11.2 Å².